The van der Waals surface area contributed by atoms with Gasteiger partial charge in [0.25, 0.3) is 0 Å². The van der Waals surface area contributed by atoms with Crippen molar-refractivity contribution in [2.24, 2.45) is 0 Å². The molecule has 202 valence electrons. The maximum atomic E-state index is 13.9. The number of nitrogens with zero attached hydrogens (tertiary/aromatic N) is 2. The Hall–Kier alpha value is -2.79. The Bertz CT molecular complexity index is 1470. The molecule has 2 atom stereocenters. The summed E-state index contributed by atoms with van der Waals surface area (Å²) in [6, 6.07) is 6.63. The standard InChI is InChI=1S/C26H31F3N2O5S/c1-15-8-10-18-16(13-15)22-20(11-9-17(26(27,28)29)23(22)37(5,34)35)31(18)19-7-6-12-30(14-21(19)32)24(33)36-25(2,3)4/h8-11,13,19,21,32H,6-7,12,14H2,1-5H3/t19-,21-/m1/s1. The van der Waals surface area contributed by atoms with Crippen molar-refractivity contribution in [3.05, 3.63) is 41.5 Å². The highest BCUT2D eigenvalue weighted by atomic mass is 32.2. The summed E-state index contributed by atoms with van der Waals surface area (Å²) in [4.78, 5) is 13.3. The van der Waals surface area contributed by atoms with E-state index in [0.29, 0.717) is 30.3 Å². The predicted octanol–water partition coefficient (Wildman–Crippen LogP) is 5.46. The summed E-state index contributed by atoms with van der Waals surface area (Å²) in [5.74, 6) is 0. The zero-order valence-electron chi connectivity index (χ0n) is 21.4. The van der Waals surface area contributed by atoms with Gasteiger partial charge in [-0.05, 0) is 64.8 Å². The van der Waals surface area contributed by atoms with Gasteiger partial charge in [-0.2, -0.15) is 13.2 Å². The summed E-state index contributed by atoms with van der Waals surface area (Å²) in [5.41, 5.74) is -0.388. The van der Waals surface area contributed by atoms with E-state index in [4.69, 9.17) is 4.74 Å². The van der Waals surface area contributed by atoms with E-state index >= 15 is 0 Å². The van der Waals surface area contributed by atoms with Crippen LogP contribution in [0.15, 0.2) is 35.2 Å². The number of aryl methyl sites for hydroxylation is 1. The van der Waals surface area contributed by atoms with Crippen molar-refractivity contribution in [1.29, 1.82) is 0 Å². The molecular formula is C26H31F3N2O5S. The van der Waals surface area contributed by atoms with Gasteiger partial charge in [0.15, 0.2) is 9.84 Å². The van der Waals surface area contributed by atoms with Crippen LogP contribution < -0.4 is 0 Å². The number of sulfone groups is 1. The number of ether oxygens (including phenoxy) is 1. The minimum atomic E-state index is -4.87. The minimum absolute atomic E-state index is 0.0172. The SMILES string of the molecule is Cc1ccc2c(c1)c1c(S(C)(=O)=O)c(C(F)(F)F)ccc1n2[C@@H]1CCCN(C(=O)OC(C)(C)C)C[C@H]1O. The van der Waals surface area contributed by atoms with E-state index in [0.717, 1.165) is 17.9 Å². The van der Waals surface area contributed by atoms with Gasteiger partial charge in [-0.1, -0.05) is 11.6 Å². The molecule has 37 heavy (non-hydrogen) atoms. The van der Waals surface area contributed by atoms with Crippen LogP contribution in [0.5, 0.6) is 0 Å². The van der Waals surface area contributed by atoms with Crippen molar-refractivity contribution < 1.29 is 36.2 Å². The van der Waals surface area contributed by atoms with Gasteiger partial charge in [-0.3, -0.25) is 0 Å². The molecule has 1 aliphatic heterocycles. The molecule has 4 rings (SSSR count). The zero-order chi connectivity index (χ0) is 27.5. The van der Waals surface area contributed by atoms with Crippen molar-refractivity contribution >= 4 is 37.7 Å². The predicted molar refractivity (Wildman–Crippen MR) is 134 cm³/mol. The van der Waals surface area contributed by atoms with Crippen LogP contribution in [0.1, 0.15) is 50.8 Å². The number of carbonyl (C=O) groups is 1. The average Bonchev–Trinajstić information content (AvgIpc) is 2.92. The molecule has 1 saturated heterocycles. The highest BCUT2D eigenvalue weighted by Crippen LogP contribution is 2.44. The number of carbonyl (C=O) groups excluding carboxylic acids is 1. The average molecular weight is 541 g/mol. The molecule has 2 heterocycles. The van der Waals surface area contributed by atoms with Crippen molar-refractivity contribution in [3.8, 4) is 0 Å². The Morgan fingerprint density at radius 2 is 1.76 bits per heavy atom. The summed E-state index contributed by atoms with van der Waals surface area (Å²) >= 11 is 0. The first kappa shape index (κ1) is 27.3. The highest BCUT2D eigenvalue weighted by Gasteiger charge is 2.39. The first-order valence-corrected chi connectivity index (χ1v) is 13.9. The van der Waals surface area contributed by atoms with Crippen LogP contribution in [0.2, 0.25) is 0 Å². The lowest BCUT2D eigenvalue weighted by Gasteiger charge is -2.29. The number of hydrogen-bond donors (Lipinski definition) is 1. The summed E-state index contributed by atoms with van der Waals surface area (Å²) in [5, 5.41) is 11.6. The molecular weight excluding hydrogens is 509 g/mol. The van der Waals surface area contributed by atoms with Gasteiger partial charge < -0.3 is 19.3 Å². The molecule has 2 aromatic carbocycles. The third-order valence-corrected chi connectivity index (χ3v) is 7.68. The topological polar surface area (TPSA) is 88.8 Å². The third kappa shape index (κ3) is 5.29. The number of β-amino-alcohol motifs (C(OH)–C–C–N with tert-alkyl or cyclic N) is 1. The number of alkyl halides is 3. The molecule has 1 aromatic heterocycles. The maximum Gasteiger partial charge on any atom is 0.417 e. The molecule has 0 bridgehead atoms. The molecule has 1 amide bonds. The Balaban J connectivity index is 1.93. The number of aliphatic hydroxyl groups excluding tert-OH is 1. The molecule has 7 nitrogen and oxygen atoms in total. The van der Waals surface area contributed by atoms with Crippen molar-refractivity contribution in [2.45, 2.75) is 69.4 Å². The fourth-order valence-corrected chi connectivity index (χ4v) is 6.27. The Morgan fingerprint density at radius 1 is 1.11 bits per heavy atom. The van der Waals surface area contributed by atoms with Gasteiger partial charge in [0, 0.05) is 29.1 Å². The Kier molecular flexibility index (Phi) is 6.77. The van der Waals surface area contributed by atoms with Crippen molar-refractivity contribution in [3.63, 3.8) is 0 Å². The lowest BCUT2D eigenvalue weighted by molar-refractivity contribution is -0.139. The number of amides is 1. The lowest BCUT2D eigenvalue weighted by Crippen LogP contribution is -2.41. The van der Waals surface area contributed by atoms with Crippen LogP contribution >= 0.6 is 0 Å². The molecule has 3 aromatic rings. The Morgan fingerprint density at radius 3 is 2.35 bits per heavy atom. The third-order valence-electron chi connectivity index (χ3n) is 6.52. The van der Waals surface area contributed by atoms with Crippen LogP contribution in [0.3, 0.4) is 0 Å². The Labute approximate surface area is 213 Å². The van der Waals surface area contributed by atoms with E-state index in [1.54, 1.807) is 50.5 Å². The quantitative estimate of drug-likeness (QED) is 0.467. The minimum Gasteiger partial charge on any atom is -0.444 e. The molecule has 1 aliphatic rings. The van der Waals surface area contributed by atoms with Crippen LogP contribution in [0.25, 0.3) is 21.8 Å². The normalized spacial score (nSPS) is 19.9. The number of aliphatic hydroxyl groups is 1. The fourth-order valence-electron chi connectivity index (χ4n) is 5.10. The van der Waals surface area contributed by atoms with Gasteiger partial charge in [0.2, 0.25) is 0 Å². The second-order valence-electron chi connectivity index (χ2n) is 10.7. The summed E-state index contributed by atoms with van der Waals surface area (Å²) < 4.78 is 74.5. The summed E-state index contributed by atoms with van der Waals surface area (Å²) in [7, 11) is -4.29. The van der Waals surface area contributed by atoms with E-state index in [1.807, 2.05) is 0 Å². The number of hydrogen-bond acceptors (Lipinski definition) is 5. The van der Waals surface area contributed by atoms with Gasteiger partial charge >= 0.3 is 12.3 Å². The zero-order valence-corrected chi connectivity index (χ0v) is 22.2. The van der Waals surface area contributed by atoms with Crippen LogP contribution in [-0.4, -0.2) is 60.1 Å². The molecule has 0 spiro atoms. The van der Waals surface area contributed by atoms with Crippen LogP contribution in [-0.2, 0) is 20.8 Å². The second kappa shape index (κ2) is 9.20. The number of rotatable bonds is 2. The number of halogens is 3. The number of fused-ring (bicyclic) bond motifs is 3. The van der Waals surface area contributed by atoms with Gasteiger partial charge in [0.05, 0.1) is 34.7 Å². The van der Waals surface area contributed by atoms with E-state index in [2.05, 4.69) is 0 Å². The lowest BCUT2D eigenvalue weighted by atomic mass is 10.1. The van der Waals surface area contributed by atoms with Gasteiger partial charge in [0.1, 0.15) is 5.60 Å². The number of likely N-dealkylation sites (tertiary alicyclic amines) is 1. The van der Waals surface area contributed by atoms with Gasteiger partial charge in [-0.15, -0.1) is 0 Å². The first-order valence-electron chi connectivity index (χ1n) is 12.0. The van der Waals surface area contributed by atoms with E-state index in [1.165, 1.54) is 11.0 Å². The van der Waals surface area contributed by atoms with Crippen molar-refractivity contribution in [1.82, 2.24) is 9.47 Å². The van der Waals surface area contributed by atoms with Crippen molar-refractivity contribution in [2.75, 3.05) is 19.3 Å². The van der Waals surface area contributed by atoms with E-state index in [9.17, 15) is 31.5 Å². The number of benzene rings is 2. The summed E-state index contributed by atoms with van der Waals surface area (Å²) in [6.07, 6.45) is -4.80. The molecule has 0 radical (unpaired) electrons. The van der Waals surface area contributed by atoms with Crippen LogP contribution in [0, 0.1) is 6.92 Å². The van der Waals surface area contributed by atoms with E-state index < -0.39 is 50.3 Å². The smallest absolute Gasteiger partial charge is 0.417 e. The second-order valence-corrected chi connectivity index (χ2v) is 12.7. The fraction of sp³-hybridized carbons (Fsp3) is 0.500. The maximum absolute atomic E-state index is 13.9. The molecule has 1 fully saturated rings. The number of aromatic nitrogens is 1. The molecule has 0 aliphatic carbocycles. The molecule has 1 N–H and O–H groups in total. The molecule has 0 unspecified atom stereocenters. The summed E-state index contributed by atoms with van der Waals surface area (Å²) in [6.45, 7) is 7.32. The molecule has 11 heteroatoms. The van der Waals surface area contributed by atoms with Crippen LogP contribution in [0.4, 0.5) is 18.0 Å². The van der Waals surface area contributed by atoms with E-state index in [-0.39, 0.29) is 17.4 Å². The highest BCUT2D eigenvalue weighted by molar-refractivity contribution is 7.91. The molecule has 0 saturated carbocycles. The first-order chi connectivity index (χ1) is 17.0. The monoisotopic (exact) mass is 540 g/mol. The largest absolute Gasteiger partial charge is 0.444 e. The van der Waals surface area contributed by atoms with Gasteiger partial charge in [-0.25, -0.2) is 13.2 Å².